The Morgan fingerprint density at radius 2 is 2.09 bits per heavy atom. The van der Waals surface area contributed by atoms with Gasteiger partial charge in [-0.25, -0.2) is 4.98 Å². The van der Waals surface area contributed by atoms with Gasteiger partial charge in [0.05, 0.1) is 16.8 Å². The minimum Gasteiger partial charge on any atom is -0.388 e. The number of hydrogen-bond donors (Lipinski definition) is 1. The second kappa shape index (κ2) is 7.34. The standard InChI is InChI=1S/C17H18ClIN2O2/c1-23-16-10-21(9-15(16)22)17-12(18)8-13(19)14(20-17)7-11-5-3-2-4-6-11/h2-6,8,15-16,22H,7,9-10H2,1H3. The van der Waals surface area contributed by atoms with Gasteiger partial charge in [-0.15, -0.1) is 0 Å². The van der Waals surface area contributed by atoms with Gasteiger partial charge in [0.1, 0.15) is 11.9 Å². The molecule has 1 aromatic carbocycles. The van der Waals surface area contributed by atoms with E-state index in [1.54, 1.807) is 7.11 Å². The molecule has 1 aromatic heterocycles. The first-order chi connectivity index (χ1) is 11.1. The molecule has 0 radical (unpaired) electrons. The normalized spacial score (nSPS) is 21.0. The van der Waals surface area contributed by atoms with Crippen LogP contribution in [0.15, 0.2) is 36.4 Å². The van der Waals surface area contributed by atoms with Crippen LogP contribution in [0.25, 0.3) is 0 Å². The zero-order valence-electron chi connectivity index (χ0n) is 12.7. The van der Waals surface area contributed by atoms with Gasteiger partial charge in [-0.1, -0.05) is 41.9 Å². The first kappa shape index (κ1) is 17.0. The van der Waals surface area contributed by atoms with Gasteiger partial charge in [-0.05, 0) is 34.2 Å². The van der Waals surface area contributed by atoms with E-state index in [0.717, 1.165) is 21.5 Å². The van der Waals surface area contributed by atoms with E-state index in [1.165, 1.54) is 5.56 Å². The molecule has 1 N–H and O–H groups in total. The number of aliphatic hydroxyl groups is 1. The Bertz CT molecular complexity index is 684. The van der Waals surface area contributed by atoms with Crippen LogP contribution in [-0.2, 0) is 11.2 Å². The first-order valence-electron chi connectivity index (χ1n) is 7.43. The summed E-state index contributed by atoms with van der Waals surface area (Å²) in [5.74, 6) is 0.719. The van der Waals surface area contributed by atoms with E-state index in [0.29, 0.717) is 18.1 Å². The number of aliphatic hydroxyl groups excluding tert-OH is 1. The molecule has 1 aliphatic heterocycles. The Balaban J connectivity index is 1.88. The van der Waals surface area contributed by atoms with E-state index in [2.05, 4.69) is 34.7 Å². The largest absolute Gasteiger partial charge is 0.388 e. The van der Waals surface area contributed by atoms with Crippen molar-refractivity contribution in [2.24, 2.45) is 0 Å². The fraction of sp³-hybridized carbons (Fsp3) is 0.353. The van der Waals surface area contributed by atoms with Crippen molar-refractivity contribution in [2.75, 3.05) is 25.1 Å². The summed E-state index contributed by atoms with van der Waals surface area (Å²) in [6.07, 6.45) is 0.0346. The van der Waals surface area contributed by atoms with Crippen LogP contribution in [-0.4, -0.2) is 42.5 Å². The summed E-state index contributed by atoms with van der Waals surface area (Å²) in [5, 5.41) is 10.6. The highest BCUT2D eigenvalue weighted by atomic mass is 127. The number of ether oxygens (including phenoxy) is 1. The number of methoxy groups -OCH3 is 1. The molecule has 0 spiro atoms. The zero-order chi connectivity index (χ0) is 16.4. The quantitative estimate of drug-likeness (QED) is 0.736. The maximum Gasteiger partial charge on any atom is 0.147 e. The molecule has 23 heavy (non-hydrogen) atoms. The molecular formula is C17H18ClIN2O2. The summed E-state index contributed by atoms with van der Waals surface area (Å²) in [6, 6.07) is 12.2. The summed E-state index contributed by atoms with van der Waals surface area (Å²) >= 11 is 8.66. The predicted octanol–water partition coefficient (Wildman–Crippen LogP) is 3.13. The van der Waals surface area contributed by atoms with Crippen molar-refractivity contribution in [2.45, 2.75) is 18.6 Å². The maximum absolute atomic E-state index is 10.0. The van der Waals surface area contributed by atoms with Crippen molar-refractivity contribution in [1.82, 2.24) is 4.98 Å². The van der Waals surface area contributed by atoms with Crippen LogP contribution in [0.5, 0.6) is 0 Å². The number of benzene rings is 1. The van der Waals surface area contributed by atoms with Crippen molar-refractivity contribution < 1.29 is 9.84 Å². The first-order valence-corrected chi connectivity index (χ1v) is 8.89. The molecule has 1 aliphatic rings. The SMILES string of the molecule is COC1CN(c2nc(Cc3ccccc3)c(I)cc2Cl)CC1O. The number of pyridine rings is 1. The molecule has 1 saturated heterocycles. The number of rotatable bonds is 4. The lowest BCUT2D eigenvalue weighted by atomic mass is 10.1. The Hall–Kier alpha value is -0.890. The monoisotopic (exact) mass is 444 g/mol. The molecule has 0 aliphatic carbocycles. The molecule has 2 heterocycles. The molecule has 0 bridgehead atoms. The summed E-state index contributed by atoms with van der Waals surface area (Å²) in [6.45, 7) is 1.08. The van der Waals surface area contributed by atoms with E-state index < -0.39 is 6.10 Å². The van der Waals surface area contributed by atoms with Gasteiger partial charge in [0.2, 0.25) is 0 Å². The van der Waals surface area contributed by atoms with E-state index in [4.69, 9.17) is 21.3 Å². The molecule has 1 fully saturated rings. The fourth-order valence-corrected chi connectivity index (χ4v) is 3.87. The van der Waals surface area contributed by atoms with Crippen molar-refractivity contribution in [3.05, 3.63) is 56.2 Å². The topological polar surface area (TPSA) is 45.6 Å². The molecule has 0 amide bonds. The average molecular weight is 445 g/mol. The third kappa shape index (κ3) is 3.79. The Morgan fingerprint density at radius 3 is 2.74 bits per heavy atom. The van der Waals surface area contributed by atoms with Gasteiger partial charge in [0.15, 0.2) is 0 Å². The number of anilines is 1. The average Bonchev–Trinajstić information content (AvgIpc) is 2.91. The van der Waals surface area contributed by atoms with Crippen molar-refractivity contribution in [3.63, 3.8) is 0 Å². The lowest BCUT2D eigenvalue weighted by Crippen LogP contribution is -2.25. The van der Waals surface area contributed by atoms with Gasteiger partial charge in [-0.2, -0.15) is 0 Å². The molecule has 4 nitrogen and oxygen atoms in total. The van der Waals surface area contributed by atoms with Crippen LogP contribution in [0.1, 0.15) is 11.3 Å². The minimum absolute atomic E-state index is 0.204. The molecule has 3 rings (SSSR count). The summed E-state index contributed by atoms with van der Waals surface area (Å²) < 4.78 is 6.35. The van der Waals surface area contributed by atoms with Gasteiger partial charge >= 0.3 is 0 Å². The lowest BCUT2D eigenvalue weighted by Gasteiger charge is -2.20. The number of halogens is 2. The molecule has 0 saturated carbocycles. The molecule has 2 atom stereocenters. The van der Waals surface area contributed by atoms with Gasteiger partial charge in [0, 0.05) is 30.2 Å². The van der Waals surface area contributed by atoms with Crippen LogP contribution in [0.3, 0.4) is 0 Å². The minimum atomic E-state index is -0.519. The Kier molecular flexibility index (Phi) is 5.41. The molecule has 2 aromatic rings. The number of aromatic nitrogens is 1. The van der Waals surface area contributed by atoms with Crippen LogP contribution >= 0.6 is 34.2 Å². The van der Waals surface area contributed by atoms with Crippen LogP contribution < -0.4 is 4.90 Å². The molecular weight excluding hydrogens is 427 g/mol. The van der Waals surface area contributed by atoms with Crippen LogP contribution in [0, 0.1) is 3.57 Å². The second-order valence-corrected chi connectivity index (χ2v) is 7.20. The second-order valence-electron chi connectivity index (χ2n) is 5.63. The van der Waals surface area contributed by atoms with Crippen molar-refractivity contribution in [3.8, 4) is 0 Å². The van der Waals surface area contributed by atoms with Gasteiger partial charge in [-0.3, -0.25) is 0 Å². The number of β-amino-alcohol motifs (C(OH)–C–C–N with tert-alkyl or cyclic N) is 1. The number of nitrogens with zero attached hydrogens (tertiary/aromatic N) is 2. The molecule has 6 heteroatoms. The molecule has 122 valence electrons. The molecule has 2 unspecified atom stereocenters. The highest BCUT2D eigenvalue weighted by Gasteiger charge is 2.33. The Labute approximate surface area is 154 Å². The van der Waals surface area contributed by atoms with E-state index >= 15 is 0 Å². The fourth-order valence-electron chi connectivity index (χ4n) is 2.79. The highest BCUT2D eigenvalue weighted by molar-refractivity contribution is 14.1. The van der Waals surface area contributed by atoms with E-state index in [-0.39, 0.29) is 6.10 Å². The maximum atomic E-state index is 10.0. The van der Waals surface area contributed by atoms with Gasteiger partial charge < -0.3 is 14.7 Å². The van der Waals surface area contributed by atoms with Crippen molar-refractivity contribution >= 4 is 40.0 Å². The zero-order valence-corrected chi connectivity index (χ0v) is 15.7. The third-order valence-electron chi connectivity index (χ3n) is 4.04. The van der Waals surface area contributed by atoms with Crippen LogP contribution in [0.4, 0.5) is 5.82 Å². The van der Waals surface area contributed by atoms with Crippen molar-refractivity contribution in [1.29, 1.82) is 0 Å². The smallest absolute Gasteiger partial charge is 0.147 e. The summed E-state index contributed by atoms with van der Waals surface area (Å²) in [5.41, 5.74) is 2.20. The summed E-state index contributed by atoms with van der Waals surface area (Å²) in [4.78, 5) is 6.76. The van der Waals surface area contributed by atoms with Crippen LogP contribution in [0.2, 0.25) is 5.02 Å². The number of hydrogen-bond acceptors (Lipinski definition) is 4. The third-order valence-corrected chi connectivity index (χ3v) is 5.25. The van der Waals surface area contributed by atoms with E-state index in [9.17, 15) is 5.11 Å². The lowest BCUT2D eigenvalue weighted by molar-refractivity contribution is 0.0217. The Morgan fingerprint density at radius 1 is 1.35 bits per heavy atom. The van der Waals surface area contributed by atoms with Gasteiger partial charge in [0.25, 0.3) is 0 Å². The summed E-state index contributed by atoms with van der Waals surface area (Å²) in [7, 11) is 1.61. The predicted molar refractivity (Wildman–Crippen MR) is 100 cm³/mol. The highest BCUT2D eigenvalue weighted by Crippen LogP contribution is 2.31. The van der Waals surface area contributed by atoms with E-state index in [1.807, 2.05) is 29.2 Å².